The molecular weight excluding hydrogens is 222 g/mol. The summed E-state index contributed by atoms with van der Waals surface area (Å²) in [7, 11) is 0. The number of rotatable bonds is 8. The first-order chi connectivity index (χ1) is 8.59. The first-order valence-corrected chi connectivity index (χ1v) is 6.97. The van der Waals surface area contributed by atoms with Crippen LogP contribution in [-0.4, -0.2) is 19.8 Å². The van der Waals surface area contributed by atoms with E-state index in [4.69, 9.17) is 4.74 Å². The predicted molar refractivity (Wildman–Crippen MR) is 77.9 cm³/mol. The van der Waals surface area contributed by atoms with Crippen LogP contribution in [0.5, 0.6) is 0 Å². The lowest BCUT2D eigenvalue weighted by Gasteiger charge is -2.09. The van der Waals surface area contributed by atoms with E-state index in [1.807, 2.05) is 0 Å². The van der Waals surface area contributed by atoms with E-state index in [9.17, 15) is 0 Å². The van der Waals surface area contributed by atoms with Gasteiger partial charge in [0.15, 0.2) is 0 Å². The molecule has 0 amide bonds. The summed E-state index contributed by atoms with van der Waals surface area (Å²) in [6.45, 7) is 12.3. The Bertz CT molecular complexity index is 316. The molecule has 0 fully saturated rings. The van der Waals surface area contributed by atoms with Crippen LogP contribution in [0.1, 0.15) is 44.7 Å². The summed E-state index contributed by atoms with van der Waals surface area (Å²) < 4.78 is 5.52. The van der Waals surface area contributed by atoms with E-state index in [0.29, 0.717) is 11.8 Å². The van der Waals surface area contributed by atoms with Crippen molar-refractivity contribution in [2.24, 2.45) is 5.92 Å². The molecule has 0 bridgehead atoms. The van der Waals surface area contributed by atoms with Crippen molar-refractivity contribution in [3.63, 3.8) is 0 Å². The number of hydrogen-bond acceptors (Lipinski definition) is 2. The lowest BCUT2D eigenvalue weighted by molar-refractivity contribution is 0.111. The fraction of sp³-hybridized carbons (Fsp3) is 0.625. The van der Waals surface area contributed by atoms with Crippen LogP contribution in [0.4, 0.5) is 0 Å². The molecule has 0 heterocycles. The second-order valence-electron chi connectivity index (χ2n) is 5.54. The normalized spacial score (nSPS) is 11.4. The summed E-state index contributed by atoms with van der Waals surface area (Å²) >= 11 is 0. The Labute approximate surface area is 112 Å². The Morgan fingerprint density at radius 3 is 2.28 bits per heavy atom. The van der Waals surface area contributed by atoms with Crippen molar-refractivity contribution in [2.75, 3.05) is 19.8 Å². The molecule has 1 aromatic rings. The van der Waals surface area contributed by atoms with Crippen molar-refractivity contribution < 1.29 is 4.74 Å². The molecular formula is C16H27NO. The van der Waals surface area contributed by atoms with E-state index < -0.39 is 0 Å². The minimum atomic E-state index is 0.608. The van der Waals surface area contributed by atoms with Gasteiger partial charge in [-0.3, -0.25) is 0 Å². The van der Waals surface area contributed by atoms with Crippen LogP contribution in [0.2, 0.25) is 0 Å². The molecule has 0 aliphatic carbocycles. The van der Waals surface area contributed by atoms with Gasteiger partial charge in [0.25, 0.3) is 0 Å². The SMILES string of the molecule is CC(C)COCCNCc1ccc(C(C)C)cc1. The zero-order valence-electron chi connectivity index (χ0n) is 12.2. The van der Waals surface area contributed by atoms with Crippen LogP contribution in [0.25, 0.3) is 0 Å². The highest BCUT2D eigenvalue weighted by Crippen LogP contribution is 2.14. The van der Waals surface area contributed by atoms with Gasteiger partial charge in [0.2, 0.25) is 0 Å². The van der Waals surface area contributed by atoms with E-state index in [1.54, 1.807) is 0 Å². The third-order valence-corrected chi connectivity index (χ3v) is 2.85. The standard InChI is InChI=1S/C16H27NO/c1-13(2)12-18-10-9-17-11-15-5-7-16(8-6-15)14(3)4/h5-8,13-14,17H,9-12H2,1-4H3. The molecule has 0 radical (unpaired) electrons. The maximum absolute atomic E-state index is 5.52. The average Bonchev–Trinajstić information content (AvgIpc) is 2.34. The van der Waals surface area contributed by atoms with Gasteiger partial charge in [0.05, 0.1) is 6.61 Å². The van der Waals surface area contributed by atoms with Crippen LogP contribution >= 0.6 is 0 Å². The lowest BCUT2D eigenvalue weighted by atomic mass is 10.0. The number of ether oxygens (including phenoxy) is 1. The monoisotopic (exact) mass is 249 g/mol. The molecule has 1 aromatic carbocycles. The van der Waals surface area contributed by atoms with E-state index >= 15 is 0 Å². The number of hydrogen-bond donors (Lipinski definition) is 1. The number of nitrogens with one attached hydrogen (secondary N) is 1. The summed E-state index contributed by atoms with van der Waals surface area (Å²) in [6, 6.07) is 8.85. The Kier molecular flexibility index (Phi) is 6.99. The Morgan fingerprint density at radius 2 is 1.72 bits per heavy atom. The van der Waals surface area contributed by atoms with Gasteiger partial charge in [-0.1, -0.05) is 52.0 Å². The molecule has 0 saturated heterocycles. The summed E-state index contributed by atoms with van der Waals surface area (Å²) in [4.78, 5) is 0. The molecule has 0 aromatic heterocycles. The molecule has 1 N–H and O–H groups in total. The van der Waals surface area contributed by atoms with Gasteiger partial charge in [-0.25, -0.2) is 0 Å². The third-order valence-electron chi connectivity index (χ3n) is 2.85. The number of benzene rings is 1. The van der Waals surface area contributed by atoms with Gasteiger partial charge in [-0.2, -0.15) is 0 Å². The van der Waals surface area contributed by atoms with Gasteiger partial charge < -0.3 is 10.1 Å². The first kappa shape index (κ1) is 15.2. The molecule has 0 unspecified atom stereocenters. The third kappa shape index (κ3) is 6.18. The second-order valence-corrected chi connectivity index (χ2v) is 5.54. The van der Waals surface area contributed by atoms with E-state index in [2.05, 4.69) is 57.3 Å². The molecule has 0 aliphatic rings. The lowest BCUT2D eigenvalue weighted by Crippen LogP contribution is -2.20. The molecule has 0 saturated carbocycles. The fourth-order valence-corrected chi connectivity index (χ4v) is 1.72. The molecule has 102 valence electrons. The molecule has 1 rings (SSSR count). The molecule has 0 spiro atoms. The summed E-state index contributed by atoms with van der Waals surface area (Å²) in [6.07, 6.45) is 0. The molecule has 0 aliphatic heterocycles. The zero-order chi connectivity index (χ0) is 13.4. The molecule has 18 heavy (non-hydrogen) atoms. The molecule has 2 heteroatoms. The van der Waals surface area contributed by atoms with Gasteiger partial charge in [-0.05, 0) is 23.0 Å². The van der Waals surface area contributed by atoms with Crippen LogP contribution in [0.15, 0.2) is 24.3 Å². The summed E-state index contributed by atoms with van der Waals surface area (Å²) in [5.41, 5.74) is 2.74. The van der Waals surface area contributed by atoms with Crippen molar-refractivity contribution in [3.8, 4) is 0 Å². The largest absolute Gasteiger partial charge is 0.380 e. The highest BCUT2D eigenvalue weighted by Gasteiger charge is 1.99. The maximum Gasteiger partial charge on any atom is 0.0591 e. The predicted octanol–water partition coefficient (Wildman–Crippen LogP) is 3.57. The van der Waals surface area contributed by atoms with E-state index in [1.165, 1.54) is 11.1 Å². The van der Waals surface area contributed by atoms with E-state index in [0.717, 1.165) is 26.3 Å². The maximum atomic E-state index is 5.52. The highest BCUT2D eigenvalue weighted by atomic mass is 16.5. The topological polar surface area (TPSA) is 21.3 Å². The highest BCUT2D eigenvalue weighted by molar-refractivity contribution is 5.24. The van der Waals surface area contributed by atoms with Gasteiger partial charge in [0.1, 0.15) is 0 Å². The van der Waals surface area contributed by atoms with Crippen molar-refractivity contribution in [1.82, 2.24) is 5.32 Å². The average molecular weight is 249 g/mol. The van der Waals surface area contributed by atoms with Crippen LogP contribution < -0.4 is 5.32 Å². The Balaban J connectivity index is 2.15. The second kappa shape index (κ2) is 8.28. The smallest absolute Gasteiger partial charge is 0.0591 e. The quantitative estimate of drug-likeness (QED) is 0.711. The van der Waals surface area contributed by atoms with Crippen LogP contribution in [0.3, 0.4) is 0 Å². The Hall–Kier alpha value is -0.860. The minimum absolute atomic E-state index is 0.608. The van der Waals surface area contributed by atoms with Crippen molar-refractivity contribution >= 4 is 0 Å². The molecule has 0 atom stereocenters. The van der Waals surface area contributed by atoms with Gasteiger partial charge in [-0.15, -0.1) is 0 Å². The van der Waals surface area contributed by atoms with Crippen molar-refractivity contribution in [1.29, 1.82) is 0 Å². The van der Waals surface area contributed by atoms with Crippen molar-refractivity contribution in [2.45, 2.75) is 40.2 Å². The van der Waals surface area contributed by atoms with Gasteiger partial charge >= 0.3 is 0 Å². The van der Waals surface area contributed by atoms with Crippen LogP contribution in [-0.2, 0) is 11.3 Å². The van der Waals surface area contributed by atoms with Crippen LogP contribution in [0, 0.1) is 5.92 Å². The van der Waals surface area contributed by atoms with Gasteiger partial charge in [0, 0.05) is 19.7 Å². The minimum Gasteiger partial charge on any atom is -0.380 e. The zero-order valence-corrected chi connectivity index (χ0v) is 12.2. The first-order valence-electron chi connectivity index (χ1n) is 6.97. The van der Waals surface area contributed by atoms with E-state index in [-0.39, 0.29) is 0 Å². The summed E-state index contributed by atoms with van der Waals surface area (Å²) in [5, 5.41) is 3.40. The summed E-state index contributed by atoms with van der Waals surface area (Å²) in [5.74, 6) is 1.23. The molecule has 2 nitrogen and oxygen atoms in total. The Morgan fingerprint density at radius 1 is 1.06 bits per heavy atom. The fourth-order valence-electron chi connectivity index (χ4n) is 1.72. The van der Waals surface area contributed by atoms with Crippen molar-refractivity contribution in [3.05, 3.63) is 35.4 Å².